The second kappa shape index (κ2) is 9.40. The van der Waals surface area contributed by atoms with Gasteiger partial charge in [-0.2, -0.15) is 0 Å². The third-order valence-corrected chi connectivity index (χ3v) is 2.21. The van der Waals surface area contributed by atoms with E-state index in [1.54, 1.807) is 0 Å². The van der Waals surface area contributed by atoms with E-state index in [1.165, 1.54) is 0 Å². The van der Waals surface area contributed by atoms with E-state index in [0.717, 1.165) is 25.7 Å². The summed E-state index contributed by atoms with van der Waals surface area (Å²) in [6, 6.07) is 0. The molecule has 3 nitrogen and oxygen atoms in total. The Morgan fingerprint density at radius 2 is 1.42 bits per heavy atom. The number of rotatable bonds is 8. The predicted octanol–water partition coefficient (Wildman–Crippen LogP) is 2.84. The van der Waals surface area contributed by atoms with Crippen molar-refractivity contribution in [1.82, 2.24) is 0 Å². The third kappa shape index (κ3) is 8.41. The summed E-state index contributed by atoms with van der Waals surface area (Å²) in [6.45, 7) is 5.37. The van der Waals surface area contributed by atoms with Gasteiger partial charge >= 0.3 is 8.60 Å². The summed E-state index contributed by atoms with van der Waals surface area (Å²) in [7, 11) is -1.60. The van der Waals surface area contributed by atoms with Gasteiger partial charge in [-0.1, -0.05) is 26.7 Å². The minimum atomic E-state index is -1.60. The van der Waals surface area contributed by atoms with Gasteiger partial charge in [0.15, 0.2) is 0 Å². The molecule has 0 spiro atoms. The Hall–Kier alpha value is 0.310. The predicted molar refractivity (Wildman–Crippen MR) is 50.9 cm³/mol. The standard InChI is InChI=1S/C8H19O3P/c1-3-5-7-10-12(9)11-8-6-4-2/h9H,3-8H2,1-2H3. The van der Waals surface area contributed by atoms with E-state index in [9.17, 15) is 0 Å². The van der Waals surface area contributed by atoms with Gasteiger partial charge in [0.1, 0.15) is 0 Å². The molecule has 0 amide bonds. The van der Waals surface area contributed by atoms with Crippen LogP contribution in [0, 0.1) is 0 Å². The Kier molecular flexibility index (Phi) is 9.64. The molecule has 74 valence electrons. The second-order valence-electron chi connectivity index (χ2n) is 2.61. The van der Waals surface area contributed by atoms with Crippen LogP contribution in [0.15, 0.2) is 0 Å². The van der Waals surface area contributed by atoms with Gasteiger partial charge in [-0.3, -0.25) is 0 Å². The van der Waals surface area contributed by atoms with Crippen LogP contribution in [0.4, 0.5) is 0 Å². The fourth-order valence-electron chi connectivity index (χ4n) is 0.611. The zero-order chi connectivity index (χ0) is 9.23. The largest absolute Gasteiger partial charge is 0.329 e. The lowest BCUT2D eigenvalue weighted by Gasteiger charge is -2.09. The summed E-state index contributed by atoms with van der Waals surface area (Å²) >= 11 is 0. The molecule has 0 saturated heterocycles. The van der Waals surface area contributed by atoms with Crippen LogP contribution in [-0.4, -0.2) is 18.1 Å². The summed E-state index contributed by atoms with van der Waals surface area (Å²) in [5.41, 5.74) is 0. The first-order valence-corrected chi connectivity index (χ1v) is 5.69. The fraction of sp³-hybridized carbons (Fsp3) is 1.00. The number of unbranched alkanes of at least 4 members (excludes halogenated alkanes) is 2. The minimum absolute atomic E-state index is 0.602. The average molecular weight is 194 g/mol. The first-order valence-electron chi connectivity index (χ1n) is 4.56. The highest BCUT2D eigenvalue weighted by Crippen LogP contribution is 2.32. The van der Waals surface area contributed by atoms with Crippen LogP contribution in [0.5, 0.6) is 0 Å². The Labute approximate surface area is 76.1 Å². The SMILES string of the molecule is CCCCOP(O)OCCCC. The third-order valence-electron chi connectivity index (χ3n) is 1.40. The molecule has 0 unspecified atom stereocenters. The van der Waals surface area contributed by atoms with Gasteiger partial charge in [0.05, 0.1) is 13.2 Å². The van der Waals surface area contributed by atoms with Crippen molar-refractivity contribution in [2.24, 2.45) is 0 Å². The van der Waals surface area contributed by atoms with E-state index < -0.39 is 8.60 Å². The van der Waals surface area contributed by atoms with Crippen LogP contribution in [0.2, 0.25) is 0 Å². The molecular weight excluding hydrogens is 175 g/mol. The Morgan fingerprint density at radius 3 is 1.75 bits per heavy atom. The highest BCUT2D eigenvalue weighted by molar-refractivity contribution is 7.40. The average Bonchev–Trinajstić information content (AvgIpc) is 2.06. The van der Waals surface area contributed by atoms with Crippen LogP contribution < -0.4 is 0 Å². The van der Waals surface area contributed by atoms with Crippen molar-refractivity contribution in [3.63, 3.8) is 0 Å². The topological polar surface area (TPSA) is 38.7 Å². The van der Waals surface area contributed by atoms with Crippen LogP contribution in [0.1, 0.15) is 39.5 Å². The first kappa shape index (κ1) is 12.3. The van der Waals surface area contributed by atoms with Gasteiger partial charge in [-0.25, -0.2) is 0 Å². The van der Waals surface area contributed by atoms with E-state index >= 15 is 0 Å². The maximum atomic E-state index is 9.12. The zero-order valence-electron chi connectivity index (χ0n) is 7.95. The Bertz CT molecular complexity index is 80.4. The van der Waals surface area contributed by atoms with E-state index in [4.69, 9.17) is 13.9 Å². The van der Waals surface area contributed by atoms with Gasteiger partial charge in [0.25, 0.3) is 0 Å². The van der Waals surface area contributed by atoms with Gasteiger partial charge in [-0.05, 0) is 12.8 Å². The van der Waals surface area contributed by atoms with Crippen molar-refractivity contribution < 1.29 is 13.9 Å². The molecule has 0 heterocycles. The Balaban J connectivity index is 3.04. The van der Waals surface area contributed by atoms with E-state index in [2.05, 4.69) is 13.8 Å². The molecule has 0 aliphatic rings. The van der Waals surface area contributed by atoms with E-state index in [-0.39, 0.29) is 0 Å². The molecule has 12 heavy (non-hydrogen) atoms. The van der Waals surface area contributed by atoms with Crippen molar-refractivity contribution in [3.05, 3.63) is 0 Å². The fourth-order valence-corrected chi connectivity index (χ4v) is 1.26. The maximum Gasteiger partial charge on any atom is 0.329 e. The van der Waals surface area contributed by atoms with Crippen LogP contribution in [0.3, 0.4) is 0 Å². The van der Waals surface area contributed by atoms with Gasteiger partial charge in [-0.15, -0.1) is 0 Å². The smallest absolute Gasteiger partial charge is 0.328 e. The molecule has 0 saturated carbocycles. The molecular formula is C8H19O3P. The molecule has 0 radical (unpaired) electrons. The van der Waals surface area contributed by atoms with Crippen LogP contribution in [0.25, 0.3) is 0 Å². The molecule has 0 aromatic rings. The van der Waals surface area contributed by atoms with Crippen molar-refractivity contribution in [2.45, 2.75) is 39.5 Å². The lowest BCUT2D eigenvalue weighted by molar-refractivity contribution is 0.196. The van der Waals surface area contributed by atoms with Gasteiger partial charge in [0.2, 0.25) is 0 Å². The Morgan fingerprint density at radius 1 is 1.00 bits per heavy atom. The molecule has 0 fully saturated rings. The first-order chi connectivity index (χ1) is 5.81. The van der Waals surface area contributed by atoms with Crippen LogP contribution in [-0.2, 0) is 9.05 Å². The molecule has 0 aromatic heterocycles. The van der Waals surface area contributed by atoms with Crippen molar-refractivity contribution >= 4 is 8.60 Å². The summed E-state index contributed by atoms with van der Waals surface area (Å²) in [4.78, 5) is 9.12. The molecule has 4 heteroatoms. The molecule has 0 atom stereocenters. The van der Waals surface area contributed by atoms with Crippen LogP contribution >= 0.6 is 8.60 Å². The lowest BCUT2D eigenvalue weighted by atomic mass is 10.4. The minimum Gasteiger partial charge on any atom is -0.328 e. The summed E-state index contributed by atoms with van der Waals surface area (Å²) in [5.74, 6) is 0. The summed E-state index contributed by atoms with van der Waals surface area (Å²) in [6.07, 6.45) is 4.13. The van der Waals surface area contributed by atoms with Gasteiger partial charge in [0, 0.05) is 0 Å². The van der Waals surface area contributed by atoms with Crippen molar-refractivity contribution in [3.8, 4) is 0 Å². The normalized spacial score (nSPS) is 11.0. The molecule has 0 aliphatic heterocycles. The monoisotopic (exact) mass is 194 g/mol. The summed E-state index contributed by atoms with van der Waals surface area (Å²) in [5, 5.41) is 0. The van der Waals surface area contributed by atoms with Crippen molar-refractivity contribution in [1.29, 1.82) is 0 Å². The highest BCUT2D eigenvalue weighted by atomic mass is 31.2. The second-order valence-corrected chi connectivity index (χ2v) is 3.60. The zero-order valence-corrected chi connectivity index (χ0v) is 8.85. The van der Waals surface area contributed by atoms with E-state index in [0.29, 0.717) is 13.2 Å². The quantitative estimate of drug-likeness (QED) is 0.477. The highest BCUT2D eigenvalue weighted by Gasteiger charge is 2.04. The molecule has 1 N–H and O–H groups in total. The van der Waals surface area contributed by atoms with E-state index in [1.807, 2.05) is 0 Å². The lowest BCUT2D eigenvalue weighted by Crippen LogP contribution is -1.94. The van der Waals surface area contributed by atoms with Crippen molar-refractivity contribution in [2.75, 3.05) is 13.2 Å². The molecule has 0 aromatic carbocycles. The molecule has 0 bridgehead atoms. The summed E-state index contributed by atoms with van der Waals surface area (Å²) < 4.78 is 10.1. The molecule has 0 aliphatic carbocycles. The molecule has 0 rings (SSSR count). The number of hydrogen-bond acceptors (Lipinski definition) is 3. The van der Waals surface area contributed by atoms with Gasteiger partial charge < -0.3 is 13.9 Å². The number of hydrogen-bond donors (Lipinski definition) is 1. The maximum absolute atomic E-state index is 9.12.